The molecule has 106 valence electrons. The first-order valence-electron chi connectivity index (χ1n) is 4.36. The first-order chi connectivity index (χ1) is 8.05. The number of hydrogen-bond donors (Lipinski definition) is 6. The van der Waals surface area contributed by atoms with E-state index in [1.54, 1.807) is 0 Å². The van der Waals surface area contributed by atoms with Crippen LogP contribution in [0, 0.1) is 0 Å². The van der Waals surface area contributed by atoms with Gasteiger partial charge in [0.25, 0.3) is 0 Å². The molecule has 0 atom stereocenters. The molecule has 0 aliphatic heterocycles. The third-order valence-corrected chi connectivity index (χ3v) is 1.46. The van der Waals surface area contributed by atoms with Gasteiger partial charge in [0.15, 0.2) is 5.60 Å². The Hall–Kier alpha value is -1.20. The van der Waals surface area contributed by atoms with Crippen LogP contribution in [0.1, 0.15) is 12.8 Å². The second kappa shape index (κ2) is 10.7. The van der Waals surface area contributed by atoms with E-state index in [2.05, 4.69) is 5.73 Å². The van der Waals surface area contributed by atoms with E-state index in [0.29, 0.717) is 0 Å². The average molecular weight is 291 g/mol. The fraction of sp³-hybridized carbons (Fsp3) is 0.500. The van der Waals surface area contributed by atoms with E-state index in [1.165, 1.54) is 0 Å². The van der Waals surface area contributed by atoms with E-state index < -0.39 is 42.3 Å². The summed E-state index contributed by atoms with van der Waals surface area (Å²) >= 11 is 0. The van der Waals surface area contributed by atoms with Gasteiger partial charge >= 0.3 is 53.4 Å². The van der Waals surface area contributed by atoms with Gasteiger partial charge in [-0.1, -0.05) is 0 Å². The van der Waals surface area contributed by atoms with Crippen LogP contribution in [0.4, 0.5) is 0 Å². The Balaban J connectivity index is -0.000000366. The summed E-state index contributed by atoms with van der Waals surface area (Å²) in [4.78, 5) is 39.7. The molecule has 0 unspecified atom stereocenters. The van der Waals surface area contributed by atoms with Crippen molar-refractivity contribution in [2.45, 2.75) is 18.4 Å². The van der Waals surface area contributed by atoms with Crippen LogP contribution < -0.4 is 5.73 Å². The molecule has 7 N–H and O–H groups in total. The SMILES string of the molecule is NCC(=O)O.O=C(O)CC(O)(CC(=O)O)C(=O)O.[NaH]. The van der Waals surface area contributed by atoms with Crippen LogP contribution in [0.15, 0.2) is 0 Å². The topological polar surface area (TPSA) is 195 Å². The van der Waals surface area contributed by atoms with Gasteiger partial charge in [0, 0.05) is 0 Å². The molecule has 0 fully saturated rings. The number of rotatable bonds is 6. The van der Waals surface area contributed by atoms with Crippen LogP contribution in [-0.2, 0) is 19.2 Å². The van der Waals surface area contributed by atoms with Crippen LogP contribution in [0.3, 0.4) is 0 Å². The monoisotopic (exact) mass is 291 g/mol. The standard InChI is InChI=1S/C6H8O7.C2H5NO2.Na.H/c7-3(8)1-6(13,5(11)12)2-4(9)10;3-1-2(4)5;;/h13H,1-2H2,(H,7,8)(H,9,10)(H,11,12);1,3H2,(H,4,5);;. The van der Waals surface area contributed by atoms with Crippen LogP contribution in [0.5, 0.6) is 0 Å². The summed E-state index contributed by atoms with van der Waals surface area (Å²) in [5.41, 5.74) is 1.83. The maximum absolute atomic E-state index is 10.3. The summed E-state index contributed by atoms with van der Waals surface area (Å²) in [5, 5.41) is 41.4. The zero-order valence-electron chi connectivity index (χ0n) is 9.07. The molecule has 0 bridgehead atoms. The number of aliphatic carboxylic acids is 4. The maximum atomic E-state index is 10.3. The van der Waals surface area contributed by atoms with Gasteiger partial charge in [0.1, 0.15) is 0 Å². The fourth-order valence-corrected chi connectivity index (χ4v) is 0.714. The Morgan fingerprint density at radius 1 is 0.842 bits per heavy atom. The van der Waals surface area contributed by atoms with Gasteiger partial charge in [-0.25, -0.2) is 4.79 Å². The summed E-state index contributed by atoms with van der Waals surface area (Å²) in [5.74, 6) is -5.99. The molecule has 11 heteroatoms. The number of aliphatic hydroxyl groups is 1. The van der Waals surface area contributed by atoms with E-state index in [4.69, 9.17) is 25.5 Å². The minimum absolute atomic E-state index is 0. The molecule has 19 heavy (non-hydrogen) atoms. The summed E-state index contributed by atoms with van der Waals surface area (Å²) in [7, 11) is 0. The van der Waals surface area contributed by atoms with E-state index in [9.17, 15) is 19.2 Å². The Morgan fingerprint density at radius 2 is 1.11 bits per heavy atom. The Morgan fingerprint density at radius 3 is 1.21 bits per heavy atom. The first kappa shape index (κ1) is 22.9. The van der Waals surface area contributed by atoms with Crippen molar-refractivity contribution in [1.82, 2.24) is 0 Å². The minimum atomic E-state index is -2.74. The van der Waals surface area contributed by atoms with Crippen LogP contribution in [-0.4, -0.2) is 91.1 Å². The predicted molar refractivity (Wildman–Crippen MR) is 60.9 cm³/mol. The molecule has 0 amide bonds. The quantitative estimate of drug-likeness (QED) is 0.277. The van der Waals surface area contributed by atoms with E-state index >= 15 is 0 Å². The van der Waals surface area contributed by atoms with Crippen LogP contribution in [0.25, 0.3) is 0 Å². The molecule has 0 heterocycles. The van der Waals surface area contributed by atoms with Gasteiger partial charge in [-0.3, -0.25) is 14.4 Å². The molecule has 0 saturated heterocycles. The number of carboxylic acid groups (broad SMARTS) is 4. The van der Waals surface area contributed by atoms with Crippen molar-refractivity contribution in [2.24, 2.45) is 5.73 Å². The van der Waals surface area contributed by atoms with Crippen molar-refractivity contribution in [3.8, 4) is 0 Å². The van der Waals surface area contributed by atoms with Crippen molar-refractivity contribution in [3.05, 3.63) is 0 Å². The van der Waals surface area contributed by atoms with Gasteiger partial charge in [-0.05, 0) is 0 Å². The summed E-state index contributed by atoms with van der Waals surface area (Å²) < 4.78 is 0. The van der Waals surface area contributed by atoms with Gasteiger partial charge in [0.05, 0.1) is 19.4 Å². The summed E-state index contributed by atoms with van der Waals surface area (Å²) in [6.07, 6.45) is -2.29. The van der Waals surface area contributed by atoms with Gasteiger partial charge in [-0.2, -0.15) is 0 Å². The summed E-state index contributed by atoms with van der Waals surface area (Å²) in [6.45, 7) is -0.278. The van der Waals surface area contributed by atoms with Gasteiger partial charge < -0.3 is 31.3 Å². The third kappa shape index (κ3) is 13.0. The van der Waals surface area contributed by atoms with Crippen LogP contribution in [0.2, 0.25) is 0 Å². The van der Waals surface area contributed by atoms with Crippen molar-refractivity contribution in [1.29, 1.82) is 0 Å². The third-order valence-electron chi connectivity index (χ3n) is 1.46. The average Bonchev–Trinajstić information content (AvgIpc) is 2.15. The molecule has 0 aromatic carbocycles. The van der Waals surface area contributed by atoms with E-state index in [-0.39, 0.29) is 36.1 Å². The molecule has 10 nitrogen and oxygen atoms in total. The zero-order chi connectivity index (χ0) is 14.9. The van der Waals surface area contributed by atoms with Crippen molar-refractivity contribution in [2.75, 3.05) is 6.54 Å². The molecular weight excluding hydrogens is 277 g/mol. The Bertz CT molecular complexity index is 327. The van der Waals surface area contributed by atoms with Crippen molar-refractivity contribution < 1.29 is 44.7 Å². The van der Waals surface area contributed by atoms with Crippen molar-refractivity contribution >= 4 is 53.4 Å². The first-order valence-corrected chi connectivity index (χ1v) is 4.36. The van der Waals surface area contributed by atoms with Gasteiger partial charge in [-0.15, -0.1) is 0 Å². The van der Waals surface area contributed by atoms with Crippen molar-refractivity contribution in [3.63, 3.8) is 0 Å². The Labute approximate surface area is 129 Å². The number of carbonyl (C=O) groups is 4. The molecule has 0 radical (unpaired) electrons. The molecule has 0 aromatic heterocycles. The van der Waals surface area contributed by atoms with E-state index in [1.807, 2.05) is 0 Å². The predicted octanol–water partition coefficient (Wildman–Crippen LogP) is -2.87. The fourth-order valence-electron chi connectivity index (χ4n) is 0.714. The second-order valence-electron chi connectivity index (χ2n) is 3.08. The molecule has 0 saturated carbocycles. The Kier molecular flexibility index (Phi) is 12.9. The molecule has 0 aromatic rings. The molecule has 0 spiro atoms. The number of carboxylic acids is 4. The molecular formula is C8H14NNaO9. The number of nitrogens with two attached hydrogens (primary N) is 1. The second-order valence-corrected chi connectivity index (χ2v) is 3.08. The zero-order valence-corrected chi connectivity index (χ0v) is 9.07. The van der Waals surface area contributed by atoms with Gasteiger partial charge in [0.2, 0.25) is 0 Å². The normalized spacial score (nSPS) is 9.37. The van der Waals surface area contributed by atoms with E-state index in [0.717, 1.165) is 0 Å². The molecule has 0 rings (SSSR count). The molecule has 0 aliphatic rings. The number of hydrogen-bond acceptors (Lipinski definition) is 6. The summed E-state index contributed by atoms with van der Waals surface area (Å²) in [6, 6.07) is 0. The molecule has 0 aliphatic carbocycles. The van der Waals surface area contributed by atoms with Crippen LogP contribution >= 0.6 is 0 Å².